The highest BCUT2D eigenvalue weighted by atomic mass is 16.2. The van der Waals surface area contributed by atoms with Crippen LogP contribution >= 0.6 is 0 Å². The summed E-state index contributed by atoms with van der Waals surface area (Å²) in [6.07, 6.45) is 6.23. The summed E-state index contributed by atoms with van der Waals surface area (Å²) in [5.41, 5.74) is 1.52. The summed E-state index contributed by atoms with van der Waals surface area (Å²) in [7, 11) is 4.09. The molecule has 1 saturated heterocycles. The Hall–Kier alpha value is -1.62. The predicted molar refractivity (Wildman–Crippen MR) is 90.2 cm³/mol. The first-order valence-corrected chi connectivity index (χ1v) is 8.27. The molecule has 2 heterocycles. The molecule has 1 aliphatic rings. The number of piperidine rings is 1. The number of anilines is 1. The van der Waals surface area contributed by atoms with Gasteiger partial charge in [-0.05, 0) is 51.9 Å². The number of likely N-dealkylation sites (tertiary alicyclic amines) is 1. The molecule has 0 aliphatic carbocycles. The molecule has 5 nitrogen and oxygen atoms in total. The summed E-state index contributed by atoms with van der Waals surface area (Å²) in [6.45, 7) is 4.85. The number of aromatic nitrogens is 1. The number of likely N-dealkylation sites (N-methyl/N-ethyl adjacent to an activating group) is 1. The van der Waals surface area contributed by atoms with Crippen LogP contribution in [0, 0.1) is 0 Å². The first-order chi connectivity index (χ1) is 10.6. The van der Waals surface area contributed by atoms with Crippen molar-refractivity contribution in [2.24, 2.45) is 0 Å². The van der Waals surface area contributed by atoms with Crippen molar-refractivity contribution >= 4 is 11.6 Å². The Balaban J connectivity index is 1.95. The zero-order valence-corrected chi connectivity index (χ0v) is 14.0. The van der Waals surface area contributed by atoms with Gasteiger partial charge in [0.15, 0.2) is 0 Å². The van der Waals surface area contributed by atoms with Crippen molar-refractivity contribution in [1.29, 1.82) is 0 Å². The molecule has 0 bridgehead atoms. The van der Waals surface area contributed by atoms with E-state index >= 15 is 0 Å². The monoisotopic (exact) mass is 304 g/mol. The van der Waals surface area contributed by atoms with Gasteiger partial charge in [0.2, 0.25) is 0 Å². The van der Waals surface area contributed by atoms with E-state index in [0.29, 0.717) is 11.7 Å². The van der Waals surface area contributed by atoms with Crippen LogP contribution in [-0.2, 0) is 0 Å². The van der Waals surface area contributed by atoms with Gasteiger partial charge in [0.05, 0.1) is 11.9 Å². The van der Waals surface area contributed by atoms with Crippen LogP contribution in [0.25, 0.3) is 0 Å². The molecule has 0 radical (unpaired) electrons. The Kier molecular flexibility index (Phi) is 6.19. The summed E-state index contributed by atoms with van der Waals surface area (Å²) in [5.74, 6) is 0.0754. The van der Waals surface area contributed by atoms with E-state index in [1.165, 1.54) is 6.42 Å². The molecule has 0 aromatic carbocycles. The molecule has 1 aromatic heterocycles. The zero-order chi connectivity index (χ0) is 15.9. The van der Waals surface area contributed by atoms with Gasteiger partial charge in [-0.3, -0.25) is 4.79 Å². The molecule has 1 aromatic rings. The summed E-state index contributed by atoms with van der Waals surface area (Å²) in [4.78, 5) is 21.1. The normalized spacial score (nSPS) is 18.5. The number of carbonyl (C=O) groups is 1. The third-order valence-corrected chi connectivity index (χ3v) is 4.23. The Bertz CT molecular complexity index is 472. The van der Waals surface area contributed by atoms with Crippen molar-refractivity contribution in [3.8, 4) is 0 Å². The molecule has 5 heteroatoms. The third-order valence-electron chi connectivity index (χ3n) is 4.23. The predicted octanol–water partition coefficient (Wildman–Crippen LogP) is 2.46. The minimum Gasteiger partial charge on any atom is -0.383 e. The molecule has 22 heavy (non-hydrogen) atoms. The van der Waals surface area contributed by atoms with E-state index in [1.807, 2.05) is 31.1 Å². The highest BCUT2D eigenvalue weighted by Crippen LogP contribution is 2.21. The molecule has 1 fully saturated rings. The quantitative estimate of drug-likeness (QED) is 0.877. The number of hydrogen-bond acceptors (Lipinski definition) is 4. The number of carbonyl (C=O) groups excluding carboxylic acids is 1. The lowest BCUT2D eigenvalue weighted by Crippen LogP contribution is -2.43. The van der Waals surface area contributed by atoms with Crippen molar-refractivity contribution in [2.75, 3.05) is 39.0 Å². The largest absolute Gasteiger partial charge is 0.383 e. The molecule has 2 rings (SSSR count). The van der Waals surface area contributed by atoms with Crippen LogP contribution in [0.1, 0.15) is 43.1 Å². The van der Waals surface area contributed by atoms with Crippen molar-refractivity contribution in [2.45, 2.75) is 38.6 Å². The summed E-state index contributed by atoms with van der Waals surface area (Å²) in [6, 6.07) is 4.16. The number of rotatable bonds is 6. The highest BCUT2D eigenvalue weighted by Gasteiger charge is 2.26. The molecule has 122 valence electrons. The van der Waals surface area contributed by atoms with E-state index in [4.69, 9.17) is 0 Å². The minimum atomic E-state index is 0.0754. The number of pyridine rings is 1. The lowest BCUT2D eigenvalue weighted by atomic mass is 9.99. The standard InChI is InChI=1S/C17H28N4O/c1-4-15-7-5-6-11-21(15)17(22)16-9-8-14(13-19-16)18-10-12-20(2)3/h8-9,13,15,18H,4-7,10-12H2,1-3H3. The van der Waals surface area contributed by atoms with Gasteiger partial charge in [-0.2, -0.15) is 0 Å². The van der Waals surface area contributed by atoms with Gasteiger partial charge in [-0.15, -0.1) is 0 Å². The third kappa shape index (κ3) is 4.44. The van der Waals surface area contributed by atoms with E-state index in [1.54, 1.807) is 6.20 Å². The van der Waals surface area contributed by atoms with Crippen LogP contribution in [0.3, 0.4) is 0 Å². The first-order valence-electron chi connectivity index (χ1n) is 8.27. The fraction of sp³-hybridized carbons (Fsp3) is 0.647. The Morgan fingerprint density at radius 2 is 2.23 bits per heavy atom. The van der Waals surface area contributed by atoms with Crippen LogP contribution in [-0.4, -0.2) is 60.5 Å². The number of hydrogen-bond donors (Lipinski definition) is 1. The molecular formula is C17H28N4O. The van der Waals surface area contributed by atoms with Crippen LogP contribution in [0.4, 0.5) is 5.69 Å². The maximum atomic E-state index is 12.6. The van der Waals surface area contributed by atoms with Crippen LogP contribution < -0.4 is 5.32 Å². The highest BCUT2D eigenvalue weighted by molar-refractivity contribution is 5.92. The molecule has 1 unspecified atom stereocenters. The fourth-order valence-corrected chi connectivity index (χ4v) is 2.89. The van der Waals surface area contributed by atoms with Gasteiger partial charge < -0.3 is 15.1 Å². The zero-order valence-electron chi connectivity index (χ0n) is 14.0. The second-order valence-corrected chi connectivity index (χ2v) is 6.22. The molecule has 1 atom stereocenters. The minimum absolute atomic E-state index is 0.0754. The smallest absolute Gasteiger partial charge is 0.272 e. The van der Waals surface area contributed by atoms with Crippen LogP contribution in [0.5, 0.6) is 0 Å². The maximum absolute atomic E-state index is 12.6. The maximum Gasteiger partial charge on any atom is 0.272 e. The van der Waals surface area contributed by atoms with Crippen molar-refractivity contribution in [1.82, 2.24) is 14.8 Å². The fourth-order valence-electron chi connectivity index (χ4n) is 2.89. The van der Waals surface area contributed by atoms with E-state index in [0.717, 1.165) is 44.6 Å². The molecule has 0 spiro atoms. The van der Waals surface area contributed by atoms with Gasteiger partial charge in [0.1, 0.15) is 5.69 Å². The molecule has 1 aliphatic heterocycles. The SMILES string of the molecule is CCC1CCCCN1C(=O)c1ccc(NCCN(C)C)cn1. The van der Waals surface area contributed by atoms with Gasteiger partial charge in [-0.1, -0.05) is 6.92 Å². The number of amides is 1. The van der Waals surface area contributed by atoms with E-state index in [9.17, 15) is 4.79 Å². The van der Waals surface area contributed by atoms with Crippen molar-refractivity contribution in [3.05, 3.63) is 24.0 Å². The van der Waals surface area contributed by atoms with Gasteiger partial charge >= 0.3 is 0 Å². The Morgan fingerprint density at radius 3 is 2.86 bits per heavy atom. The summed E-state index contributed by atoms with van der Waals surface area (Å²) in [5, 5.41) is 3.31. The van der Waals surface area contributed by atoms with Crippen LogP contribution in [0.2, 0.25) is 0 Å². The molecule has 0 saturated carbocycles. The van der Waals surface area contributed by atoms with Gasteiger partial charge in [0.25, 0.3) is 5.91 Å². The summed E-state index contributed by atoms with van der Waals surface area (Å²) < 4.78 is 0. The average Bonchev–Trinajstić information content (AvgIpc) is 2.54. The van der Waals surface area contributed by atoms with E-state index in [2.05, 4.69) is 22.1 Å². The number of nitrogens with zero attached hydrogens (tertiary/aromatic N) is 3. The second-order valence-electron chi connectivity index (χ2n) is 6.22. The van der Waals surface area contributed by atoms with Gasteiger partial charge in [0, 0.05) is 25.7 Å². The van der Waals surface area contributed by atoms with E-state index < -0.39 is 0 Å². The van der Waals surface area contributed by atoms with E-state index in [-0.39, 0.29) is 5.91 Å². The number of nitrogens with one attached hydrogen (secondary N) is 1. The lowest BCUT2D eigenvalue weighted by molar-refractivity contribution is 0.0602. The summed E-state index contributed by atoms with van der Waals surface area (Å²) >= 11 is 0. The Morgan fingerprint density at radius 1 is 1.41 bits per heavy atom. The Labute approximate surface area is 133 Å². The lowest BCUT2D eigenvalue weighted by Gasteiger charge is -2.35. The first kappa shape index (κ1) is 16.7. The average molecular weight is 304 g/mol. The molecule has 1 N–H and O–H groups in total. The topological polar surface area (TPSA) is 48.5 Å². The van der Waals surface area contributed by atoms with Gasteiger partial charge in [-0.25, -0.2) is 4.98 Å². The van der Waals surface area contributed by atoms with Crippen molar-refractivity contribution in [3.63, 3.8) is 0 Å². The second kappa shape index (κ2) is 8.13. The molecule has 1 amide bonds. The van der Waals surface area contributed by atoms with Crippen LogP contribution in [0.15, 0.2) is 18.3 Å². The van der Waals surface area contributed by atoms with Crippen molar-refractivity contribution < 1.29 is 4.79 Å². The molecular weight excluding hydrogens is 276 g/mol.